The largest absolute Gasteiger partial charge is 0.458 e. The lowest BCUT2D eigenvalue weighted by Crippen LogP contribution is -2.51. The lowest BCUT2D eigenvalue weighted by molar-refractivity contribution is -0.134. The van der Waals surface area contributed by atoms with Crippen LogP contribution in [0.1, 0.15) is 58.8 Å². The van der Waals surface area contributed by atoms with Crippen molar-refractivity contribution in [3.8, 4) is 0 Å². The molecule has 0 spiro atoms. The van der Waals surface area contributed by atoms with Crippen molar-refractivity contribution in [3.05, 3.63) is 34.9 Å². The van der Waals surface area contributed by atoms with Crippen LogP contribution in [-0.4, -0.2) is 24.3 Å². The number of cyclic esters (lactones) is 1. The molecular weight excluding hydrogens is 378 g/mol. The fourth-order valence-corrected chi connectivity index (χ4v) is 7.28. The Morgan fingerprint density at radius 1 is 1.23 bits per heavy atom. The van der Waals surface area contributed by atoms with Gasteiger partial charge in [-0.3, -0.25) is 0 Å². The van der Waals surface area contributed by atoms with Gasteiger partial charge in [0.1, 0.15) is 6.61 Å². The third-order valence-corrected chi connectivity index (χ3v) is 8.87. The number of allylic oxidation sites excluding steroid dienone is 3. The van der Waals surface area contributed by atoms with E-state index in [4.69, 9.17) is 10.5 Å². The van der Waals surface area contributed by atoms with Gasteiger partial charge in [-0.1, -0.05) is 31.6 Å². The highest BCUT2D eigenvalue weighted by molar-refractivity contribution is 5.87. The highest BCUT2D eigenvalue weighted by Crippen LogP contribution is 2.65. The molecule has 3 N–H and O–H groups in total. The van der Waals surface area contributed by atoms with Crippen molar-refractivity contribution in [2.45, 2.75) is 58.8 Å². The van der Waals surface area contributed by atoms with Crippen LogP contribution in [0, 0.1) is 28.6 Å². The van der Waals surface area contributed by atoms with E-state index in [1.54, 1.807) is 11.6 Å². The van der Waals surface area contributed by atoms with Crippen LogP contribution < -0.4 is 11.2 Å². The molecule has 0 saturated heterocycles. The minimum Gasteiger partial charge on any atom is -0.458 e. The number of hydrazone groups is 1. The van der Waals surface area contributed by atoms with Crippen molar-refractivity contribution < 1.29 is 14.3 Å². The number of fused-ring (bicyclic) bond motifs is 5. The summed E-state index contributed by atoms with van der Waals surface area (Å²) in [6, 6.07) is -0.591. The molecule has 0 unspecified atom stereocenters. The summed E-state index contributed by atoms with van der Waals surface area (Å²) in [5.41, 5.74) is 13.0. The molecule has 3 saturated carbocycles. The van der Waals surface area contributed by atoms with Gasteiger partial charge in [-0.05, 0) is 73.7 Å². The lowest BCUT2D eigenvalue weighted by atomic mass is 9.46. The van der Waals surface area contributed by atoms with Gasteiger partial charge in [0, 0.05) is 22.8 Å². The van der Waals surface area contributed by atoms with Gasteiger partial charge in [0.05, 0.1) is 0 Å². The summed E-state index contributed by atoms with van der Waals surface area (Å²) < 4.78 is 5.20. The van der Waals surface area contributed by atoms with Gasteiger partial charge in [0.15, 0.2) is 0 Å². The Kier molecular flexibility index (Phi) is 4.46. The van der Waals surface area contributed by atoms with Crippen LogP contribution in [0.2, 0.25) is 0 Å². The average Bonchev–Trinajstić information content (AvgIpc) is 3.28. The first-order valence-corrected chi connectivity index (χ1v) is 11.2. The van der Waals surface area contributed by atoms with Crippen LogP contribution >= 0.6 is 0 Å². The van der Waals surface area contributed by atoms with Gasteiger partial charge < -0.3 is 10.5 Å². The first-order chi connectivity index (χ1) is 14.3. The number of nitrogens with zero attached hydrogens (tertiary/aromatic N) is 1. The van der Waals surface area contributed by atoms with Crippen molar-refractivity contribution in [2.24, 2.45) is 39.4 Å². The molecule has 0 radical (unpaired) electrons. The zero-order chi connectivity index (χ0) is 21.1. The van der Waals surface area contributed by atoms with Gasteiger partial charge >= 0.3 is 12.0 Å². The molecule has 1 heterocycles. The molecular formula is C24H31N3O3. The number of carbonyl (C=O) groups excluding carboxylic acids is 2. The molecule has 6 nitrogen and oxygen atoms in total. The second kappa shape index (κ2) is 6.82. The molecule has 0 aromatic carbocycles. The van der Waals surface area contributed by atoms with Crippen LogP contribution in [0.5, 0.6) is 0 Å². The van der Waals surface area contributed by atoms with Crippen molar-refractivity contribution >= 4 is 17.7 Å². The zero-order valence-electron chi connectivity index (χ0n) is 17.9. The Morgan fingerprint density at radius 3 is 2.80 bits per heavy atom. The predicted octanol–water partition coefficient (Wildman–Crippen LogP) is 3.99. The van der Waals surface area contributed by atoms with E-state index in [0.29, 0.717) is 29.8 Å². The molecule has 30 heavy (non-hydrogen) atoms. The minimum absolute atomic E-state index is 0.0386. The monoisotopic (exact) mass is 409 g/mol. The van der Waals surface area contributed by atoms with Crippen LogP contribution in [0.3, 0.4) is 0 Å². The highest BCUT2D eigenvalue weighted by atomic mass is 16.5. The maximum atomic E-state index is 11.6. The van der Waals surface area contributed by atoms with Gasteiger partial charge in [0.2, 0.25) is 0 Å². The number of primary amides is 1. The normalized spacial score (nSPS) is 41.1. The number of hydrogen-bond donors (Lipinski definition) is 2. The molecule has 6 heteroatoms. The Labute approximate surface area is 177 Å². The Balaban J connectivity index is 1.36. The van der Waals surface area contributed by atoms with Crippen LogP contribution in [0.4, 0.5) is 4.79 Å². The average molecular weight is 410 g/mol. The second-order valence-corrected chi connectivity index (χ2v) is 10.2. The molecule has 4 aliphatic carbocycles. The Hall–Kier alpha value is -2.37. The number of esters is 1. The summed E-state index contributed by atoms with van der Waals surface area (Å²) in [5, 5.41) is 4.26. The van der Waals surface area contributed by atoms with E-state index in [0.717, 1.165) is 37.0 Å². The number of ether oxygens (including phenoxy) is 1. The molecule has 1 aliphatic heterocycles. The topological polar surface area (TPSA) is 93.8 Å². The first-order valence-electron chi connectivity index (χ1n) is 11.2. The minimum atomic E-state index is -0.591. The van der Waals surface area contributed by atoms with E-state index in [1.165, 1.54) is 24.8 Å². The second-order valence-electron chi connectivity index (χ2n) is 10.2. The maximum Gasteiger partial charge on any atom is 0.332 e. The van der Waals surface area contributed by atoms with E-state index in [2.05, 4.69) is 36.5 Å². The third kappa shape index (κ3) is 2.87. The summed E-state index contributed by atoms with van der Waals surface area (Å²) in [6.45, 7) is 5.27. The molecule has 5 aliphatic rings. The van der Waals surface area contributed by atoms with Crippen LogP contribution in [0.15, 0.2) is 40.0 Å². The molecule has 3 fully saturated rings. The Morgan fingerprint density at radius 2 is 2.07 bits per heavy atom. The number of nitrogens with two attached hydrogens (primary N) is 1. The fraction of sp³-hybridized carbons (Fsp3) is 0.625. The number of rotatable bonds is 2. The van der Waals surface area contributed by atoms with Crippen molar-refractivity contribution in [2.75, 3.05) is 6.61 Å². The number of nitrogens with one attached hydrogen (secondary N) is 1. The van der Waals surface area contributed by atoms with Crippen LogP contribution in [-0.2, 0) is 9.53 Å². The summed E-state index contributed by atoms with van der Waals surface area (Å²) in [5.74, 6) is 1.70. The molecule has 160 valence electrons. The summed E-state index contributed by atoms with van der Waals surface area (Å²) in [7, 11) is 0. The van der Waals surface area contributed by atoms with Crippen LogP contribution in [0.25, 0.3) is 0 Å². The SMILES string of the molecule is C[C@]12CC[C@H]3[C@@H](CC[C@@H]4C/C(=N/NC(N)=O)CC[C@@]43C)C1=CC=C2C1=CC(=O)OC1. The third-order valence-electron chi connectivity index (χ3n) is 8.87. The van der Waals surface area contributed by atoms with E-state index >= 15 is 0 Å². The molecule has 5 rings (SSSR count). The molecule has 2 amide bonds. The number of amides is 2. The van der Waals surface area contributed by atoms with Crippen molar-refractivity contribution in [1.82, 2.24) is 5.43 Å². The van der Waals surface area contributed by atoms with E-state index in [-0.39, 0.29) is 11.4 Å². The van der Waals surface area contributed by atoms with Gasteiger partial charge in [-0.25, -0.2) is 15.0 Å². The van der Waals surface area contributed by atoms with E-state index < -0.39 is 6.03 Å². The summed E-state index contributed by atoms with van der Waals surface area (Å²) >= 11 is 0. The summed E-state index contributed by atoms with van der Waals surface area (Å²) in [6.07, 6.45) is 14.1. The van der Waals surface area contributed by atoms with Gasteiger partial charge in [0.25, 0.3) is 0 Å². The quantitative estimate of drug-likeness (QED) is 0.533. The molecule has 0 bridgehead atoms. The molecule has 5 atom stereocenters. The fourth-order valence-electron chi connectivity index (χ4n) is 7.28. The van der Waals surface area contributed by atoms with E-state index in [9.17, 15) is 9.59 Å². The first kappa shape index (κ1) is 19.6. The van der Waals surface area contributed by atoms with Crippen molar-refractivity contribution in [3.63, 3.8) is 0 Å². The number of hydrogen-bond acceptors (Lipinski definition) is 4. The standard InChI is InChI=1S/C24H31N3O3/c1-23-9-7-16(26-27-22(25)29)12-15(23)3-4-17-19-6-5-18(14-11-21(28)30-13-14)24(19,2)10-8-20(17)23/h5-6,11,15,17,20H,3-4,7-10,12-13H2,1-2H3,(H3,25,27,29)/b26-16+/t15-,17+,20+,23+,24-/m1/s1. The highest BCUT2D eigenvalue weighted by Gasteiger charge is 2.56. The zero-order valence-corrected chi connectivity index (χ0v) is 17.9. The molecule has 0 aromatic rings. The Bertz CT molecular complexity index is 930. The maximum absolute atomic E-state index is 11.6. The van der Waals surface area contributed by atoms with E-state index in [1.807, 2.05) is 0 Å². The summed E-state index contributed by atoms with van der Waals surface area (Å²) in [4.78, 5) is 22.6. The molecule has 0 aromatic heterocycles. The van der Waals surface area contributed by atoms with Gasteiger partial charge in [-0.2, -0.15) is 5.10 Å². The number of urea groups is 1. The van der Waals surface area contributed by atoms with Gasteiger partial charge in [-0.15, -0.1) is 0 Å². The van der Waals surface area contributed by atoms with Crippen molar-refractivity contribution in [1.29, 1.82) is 0 Å². The smallest absolute Gasteiger partial charge is 0.332 e. The lowest BCUT2D eigenvalue weighted by Gasteiger charge is -2.58. The number of carbonyl (C=O) groups is 2. The predicted molar refractivity (Wildman–Crippen MR) is 114 cm³/mol.